The number of aryl methyl sites for hydroxylation is 2. The highest BCUT2D eigenvalue weighted by molar-refractivity contribution is 5.30. The van der Waals surface area contributed by atoms with Crippen LogP contribution in [0.2, 0.25) is 0 Å². The summed E-state index contributed by atoms with van der Waals surface area (Å²) in [7, 11) is 0. The molecule has 0 amide bonds. The van der Waals surface area contributed by atoms with Crippen LogP contribution in [0, 0.1) is 13.8 Å². The van der Waals surface area contributed by atoms with Crippen LogP contribution in [0.4, 0.5) is 6.01 Å². The Morgan fingerprint density at radius 3 is 3.00 bits per heavy atom. The number of aromatic nitrogens is 1. The van der Waals surface area contributed by atoms with E-state index in [4.69, 9.17) is 10.2 Å². The number of hydrogen-bond acceptors (Lipinski definition) is 4. The minimum absolute atomic E-state index is 0.290. The fourth-order valence-corrected chi connectivity index (χ4v) is 2.67. The highest BCUT2D eigenvalue weighted by Crippen LogP contribution is 2.23. The molecule has 100 valence electrons. The van der Waals surface area contributed by atoms with Crippen LogP contribution in [0.1, 0.15) is 28.1 Å². The van der Waals surface area contributed by atoms with E-state index in [-0.39, 0.29) is 0 Å². The third-order valence-corrected chi connectivity index (χ3v) is 3.72. The van der Waals surface area contributed by atoms with E-state index in [1.165, 1.54) is 16.7 Å². The molecular formula is C15H19N3O. The molecule has 0 aliphatic carbocycles. The van der Waals surface area contributed by atoms with Gasteiger partial charge in [0.15, 0.2) is 0 Å². The molecule has 0 unspecified atom stereocenters. The average Bonchev–Trinajstić information content (AvgIpc) is 2.72. The predicted molar refractivity (Wildman–Crippen MR) is 74.6 cm³/mol. The summed E-state index contributed by atoms with van der Waals surface area (Å²) in [6.07, 6.45) is 0.918. The van der Waals surface area contributed by atoms with Crippen LogP contribution in [0.15, 0.2) is 22.6 Å². The summed E-state index contributed by atoms with van der Waals surface area (Å²) in [6.45, 7) is 7.05. The van der Waals surface area contributed by atoms with Crippen molar-refractivity contribution in [1.29, 1.82) is 0 Å². The minimum atomic E-state index is 0.290. The highest BCUT2D eigenvalue weighted by Gasteiger charge is 2.21. The van der Waals surface area contributed by atoms with Crippen molar-refractivity contribution in [3.8, 4) is 0 Å². The number of anilines is 1. The van der Waals surface area contributed by atoms with E-state index in [9.17, 15) is 0 Å². The Labute approximate surface area is 113 Å². The third kappa shape index (κ3) is 2.49. The normalized spacial score (nSPS) is 15.5. The lowest BCUT2D eigenvalue weighted by Gasteiger charge is -2.25. The van der Waals surface area contributed by atoms with Gasteiger partial charge in [-0.15, -0.1) is 0 Å². The van der Waals surface area contributed by atoms with Gasteiger partial charge < -0.3 is 10.2 Å². The quantitative estimate of drug-likeness (QED) is 0.897. The summed E-state index contributed by atoms with van der Waals surface area (Å²) in [4.78, 5) is 6.59. The van der Waals surface area contributed by atoms with Crippen molar-refractivity contribution in [3.63, 3.8) is 0 Å². The van der Waals surface area contributed by atoms with E-state index < -0.39 is 0 Å². The van der Waals surface area contributed by atoms with Gasteiger partial charge in [0, 0.05) is 19.5 Å². The first-order chi connectivity index (χ1) is 9.11. The van der Waals surface area contributed by atoms with E-state index in [1.807, 2.05) is 0 Å². The Kier molecular flexibility index (Phi) is 3.03. The molecule has 19 heavy (non-hydrogen) atoms. The van der Waals surface area contributed by atoms with E-state index >= 15 is 0 Å². The monoisotopic (exact) mass is 257 g/mol. The molecule has 1 aromatic heterocycles. The van der Waals surface area contributed by atoms with Crippen LogP contribution in [0.3, 0.4) is 0 Å². The molecule has 0 atom stereocenters. The number of nitrogens with zero attached hydrogens (tertiary/aromatic N) is 2. The Balaban J connectivity index is 1.75. The molecule has 1 aliphatic rings. The summed E-state index contributed by atoms with van der Waals surface area (Å²) in [5.41, 5.74) is 10.7. The zero-order valence-electron chi connectivity index (χ0n) is 11.4. The lowest BCUT2D eigenvalue weighted by atomic mass is 10.0. The summed E-state index contributed by atoms with van der Waals surface area (Å²) in [5, 5.41) is 0. The highest BCUT2D eigenvalue weighted by atomic mass is 16.4. The molecule has 0 spiro atoms. The van der Waals surface area contributed by atoms with Crippen molar-refractivity contribution in [2.45, 2.75) is 33.4 Å². The molecule has 1 aliphatic heterocycles. The van der Waals surface area contributed by atoms with Gasteiger partial charge in [-0.05, 0) is 25.0 Å². The van der Waals surface area contributed by atoms with Gasteiger partial charge in [0.2, 0.25) is 0 Å². The molecule has 0 radical (unpaired) electrons. The maximum atomic E-state index is 5.60. The van der Waals surface area contributed by atoms with Crippen molar-refractivity contribution >= 4 is 6.01 Å². The van der Waals surface area contributed by atoms with Gasteiger partial charge >= 0.3 is 0 Å². The molecule has 2 N–H and O–H groups in total. The fourth-order valence-electron chi connectivity index (χ4n) is 2.67. The first kappa shape index (κ1) is 12.2. The molecule has 4 nitrogen and oxygen atoms in total. The molecule has 0 saturated heterocycles. The topological polar surface area (TPSA) is 55.3 Å². The van der Waals surface area contributed by atoms with Crippen molar-refractivity contribution < 1.29 is 4.42 Å². The maximum Gasteiger partial charge on any atom is 0.292 e. The standard InChI is InChI=1S/C15H19N3O/c1-10-3-4-12(11(2)7-10)8-18-6-5-13-14(9-18)19-15(16)17-13/h3-4,7H,5-6,8-9H2,1-2H3,(H2,16,17). The number of hydrogen-bond donors (Lipinski definition) is 1. The van der Waals surface area contributed by atoms with Gasteiger partial charge in [0.1, 0.15) is 5.76 Å². The van der Waals surface area contributed by atoms with Crippen molar-refractivity contribution in [3.05, 3.63) is 46.3 Å². The van der Waals surface area contributed by atoms with Crippen LogP contribution >= 0.6 is 0 Å². The average molecular weight is 257 g/mol. The molecule has 2 heterocycles. The van der Waals surface area contributed by atoms with Gasteiger partial charge in [-0.1, -0.05) is 23.8 Å². The molecule has 3 rings (SSSR count). The van der Waals surface area contributed by atoms with Gasteiger partial charge in [0.05, 0.1) is 12.2 Å². The lowest BCUT2D eigenvalue weighted by molar-refractivity contribution is 0.221. The predicted octanol–water partition coefficient (Wildman–Crippen LogP) is 2.43. The molecule has 0 bridgehead atoms. The number of fused-ring (bicyclic) bond motifs is 1. The number of nitrogen functional groups attached to an aromatic ring is 1. The van der Waals surface area contributed by atoms with Gasteiger partial charge in [-0.25, -0.2) is 0 Å². The van der Waals surface area contributed by atoms with Crippen molar-refractivity contribution in [2.24, 2.45) is 0 Å². The van der Waals surface area contributed by atoms with E-state index in [2.05, 4.69) is 41.9 Å². The second-order valence-electron chi connectivity index (χ2n) is 5.31. The molecule has 0 fully saturated rings. The number of benzene rings is 1. The molecule has 4 heteroatoms. The largest absolute Gasteiger partial charge is 0.427 e. The SMILES string of the molecule is Cc1ccc(CN2CCc3nc(N)oc3C2)c(C)c1. The second-order valence-corrected chi connectivity index (χ2v) is 5.31. The Bertz CT molecular complexity index is 603. The van der Waals surface area contributed by atoms with Crippen LogP contribution in [-0.2, 0) is 19.5 Å². The Morgan fingerprint density at radius 2 is 2.21 bits per heavy atom. The molecule has 1 aromatic carbocycles. The van der Waals surface area contributed by atoms with E-state index in [1.54, 1.807) is 0 Å². The van der Waals surface area contributed by atoms with Crippen LogP contribution in [0.25, 0.3) is 0 Å². The van der Waals surface area contributed by atoms with E-state index in [0.717, 1.165) is 37.5 Å². The summed E-state index contributed by atoms with van der Waals surface area (Å²) >= 11 is 0. The van der Waals surface area contributed by atoms with Gasteiger partial charge in [-0.2, -0.15) is 4.98 Å². The fraction of sp³-hybridized carbons (Fsp3) is 0.400. The molecular weight excluding hydrogens is 238 g/mol. The number of oxazole rings is 1. The minimum Gasteiger partial charge on any atom is -0.427 e. The summed E-state index contributed by atoms with van der Waals surface area (Å²) in [6, 6.07) is 6.91. The number of nitrogens with two attached hydrogens (primary N) is 1. The molecule has 0 saturated carbocycles. The zero-order valence-corrected chi connectivity index (χ0v) is 11.4. The maximum absolute atomic E-state index is 5.60. The summed E-state index contributed by atoms with van der Waals surface area (Å²) < 4.78 is 5.45. The smallest absolute Gasteiger partial charge is 0.292 e. The van der Waals surface area contributed by atoms with Crippen LogP contribution in [0.5, 0.6) is 0 Å². The van der Waals surface area contributed by atoms with Crippen molar-refractivity contribution in [1.82, 2.24) is 9.88 Å². The third-order valence-electron chi connectivity index (χ3n) is 3.72. The van der Waals surface area contributed by atoms with Gasteiger partial charge in [0.25, 0.3) is 6.01 Å². The first-order valence-corrected chi connectivity index (χ1v) is 6.64. The lowest BCUT2D eigenvalue weighted by Crippen LogP contribution is -2.29. The van der Waals surface area contributed by atoms with Crippen LogP contribution < -0.4 is 5.73 Å². The molecule has 2 aromatic rings. The number of rotatable bonds is 2. The zero-order chi connectivity index (χ0) is 13.4. The van der Waals surface area contributed by atoms with E-state index in [0.29, 0.717) is 6.01 Å². The van der Waals surface area contributed by atoms with Crippen molar-refractivity contribution in [2.75, 3.05) is 12.3 Å². The first-order valence-electron chi connectivity index (χ1n) is 6.64. The second kappa shape index (κ2) is 4.70. The van der Waals surface area contributed by atoms with Crippen LogP contribution in [-0.4, -0.2) is 16.4 Å². The Hall–Kier alpha value is -1.81. The Morgan fingerprint density at radius 1 is 1.37 bits per heavy atom. The van der Waals surface area contributed by atoms with Gasteiger partial charge in [-0.3, -0.25) is 4.90 Å². The summed E-state index contributed by atoms with van der Waals surface area (Å²) in [5.74, 6) is 0.925.